The lowest BCUT2D eigenvalue weighted by atomic mass is 9.94. The number of morpholine rings is 1. The molecule has 5 heterocycles. The van der Waals surface area contributed by atoms with E-state index in [4.69, 9.17) is 20.4 Å². The Hall–Kier alpha value is -2.40. The van der Waals surface area contributed by atoms with Crippen molar-refractivity contribution in [1.82, 2.24) is 24.8 Å². The minimum atomic E-state index is -0.540. The molecule has 0 atom stereocenters. The number of rotatable bonds is 4. The number of piperidine rings is 1. The van der Waals surface area contributed by atoms with Gasteiger partial charge in [0.15, 0.2) is 11.6 Å². The number of fused-ring (bicyclic) bond motifs is 1. The summed E-state index contributed by atoms with van der Waals surface area (Å²) in [6.45, 7) is 7.58. The van der Waals surface area contributed by atoms with Crippen LogP contribution in [0.15, 0.2) is 18.5 Å². The minimum absolute atomic E-state index is 0.233. The van der Waals surface area contributed by atoms with Gasteiger partial charge in [0, 0.05) is 50.0 Å². The highest BCUT2D eigenvalue weighted by molar-refractivity contribution is 7.19. The summed E-state index contributed by atoms with van der Waals surface area (Å²) in [7, 11) is 0. The maximum atomic E-state index is 10.2. The Labute approximate surface area is 184 Å². The highest BCUT2D eigenvalue weighted by Crippen LogP contribution is 2.35. The Bertz CT molecular complexity index is 1050. The van der Waals surface area contributed by atoms with Crippen molar-refractivity contribution in [2.45, 2.75) is 31.9 Å². The van der Waals surface area contributed by atoms with Crippen LogP contribution < -0.4 is 10.6 Å². The third-order valence-corrected chi connectivity index (χ3v) is 7.06. The van der Waals surface area contributed by atoms with Crippen LogP contribution >= 0.6 is 11.3 Å². The van der Waals surface area contributed by atoms with Gasteiger partial charge in [-0.1, -0.05) is 0 Å². The third-order valence-electron chi connectivity index (χ3n) is 5.96. The molecule has 0 bridgehead atoms. The summed E-state index contributed by atoms with van der Waals surface area (Å²) in [4.78, 5) is 23.9. The van der Waals surface area contributed by atoms with Crippen molar-refractivity contribution in [3.05, 3.63) is 23.3 Å². The predicted octanol–water partition coefficient (Wildman–Crippen LogP) is 1.91. The SMILES string of the molecule is CC1(O)CCN(Cc2cc3nc(-c4cnc(N)nc4)nc(N4CCOCC4)c3s2)CC1. The van der Waals surface area contributed by atoms with Crippen molar-refractivity contribution in [3.8, 4) is 11.4 Å². The van der Waals surface area contributed by atoms with Crippen LogP contribution in [0.5, 0.6) is 0 Å². The highest BCUT2D eigenvalue weighted by atomic mass is 32.1. The van der Waals surface area contributed by atoms with E-state index in [0.717, 1.165) is 67.2 Å². The molecule has 3 N–H and O–H groups in total. The largest absolute Gasteiger partial charge is 0.390 e. The lowest BCUT2D eigenvalue weighted by Gasteiger charge is -2.35. The Morgan fingerprint density at radius 1 is 1.13 bits per heavy atom. The monoisotopic (exact) mass is 441 g/mol. The van der Waals surface area contributed by atoms with Gasteiger partial charge < -0.3 is 20.5 Å². The normalized spacial score (nSPS) is 19.7. The van der Waals surface area contributed by atoms with E-state index in [2.05, 4.69) is 25.8 Å². The molecule has 2 fully saturated rings. The number of aromatic nitrogens is 4. The molecule has 0 aliphatic carbocycles. The van der Waals surface area contributed by atoms with Gasteiger partial charge in [-0.05, 0) is 25.8 Å². The molecule has 5 rings (SSSR count). The predicted molar refractivity (Wildman–Crippen MR) is 121 cm³/mol. The van der Waals surface area contributed by atoms with Gasteiger partial charge in [0.25, 0.3) is 0 Å². The minimum Gasteiger partial charge on any atom is -0.390 e. The highest BCUT2D eigenvalue weighted by Gasteiger charge is 2.28. The summed E-state index contributed by atoms with van der Waals surface area (Å²) in [6, 6.07) is 2.17. The Kier molecular flexibility index (Phi) is 5.47. The number of nitrogens with zero attached hydrogens (tertiary/aromatic N) is 6. The van der Waals surface area contributed by atoms with E-state index in [0.29, 0.717) is 19.0 Å². The van der Waals surface area contributed by atoms with Crippen molar-refractivity contribution in [2.75, 3.05) is 50.0 Å². The van der Waals surface area contributed by atoms with Gasteiger partial charge in [-0.25, -0.2) is 19.9 Å². The molecule has 164 valence electrons. The molecule has 0 unspecified atom stereocenters. The number of likely N-dealkylation sites (tertiary alicyclic amines) is 1. The molecular formula is C21H27N7O2S. The Morgan fingerprint density at radius 3 is 2.55 bits per heavy atom. The molecule has 10 heteroatoms. The van der Waals surface area contributed by atoms with Gasteiger partial charge in [-0.2, -0.15) is 0 Å². The number of nitrogens with two attached hydrogens (primary N) is 1. The first-order valence-electron chi connectivity index (χ1n) is 10.6. The Balaban J connectivity index is 1.49. The smallest absolute Gasteiger partial charge is 0.219 e. The van der Waals surface area contributed by atoms with Gasteiger partial charge in [0.2, 0.25) is 5.95 Å². The summed E-state index contributed by atoms with van der Waals surface area (Å²) < 4.78 is 6.64. The number of hydrogen-bond donors (Lipinski definition) is 2. The first-order valence-corrected chi connectivity index (χ1v) is 11.4. The quantitative estimate of drug-likeness (QED) is 0.627. The average Bonchev–Trinajstić information content (AvgIpc) is 3.18. The van der Waals surface area contributed by atoms with Crippen LogP contribution in [0.25, 0.3) is 21.6 Å². The fraction of sp³-hybridized carbons (Fsp3) is 0.524. The molecular weight excluding hydrogens is 414 g/mol. The zero-order chi connectivity index (χ0) is 21.4. The van der Waals surface area contributed by atoms with E-state index < -0.39 is 5.60 Å². The van der Waals surface area contributed by atoms with Crippen LogP contribution in [-0.2, 0) is 11.3 Å². The standard InChI is InChI=1S/C21H27N7O2S/c1-21(29)2-4-27(5-3-21)13-15-10-16-17(31-15)19(28-6-8-30-9-7-28)26-18(25-16)14-11-23-20(22)24-12-14/h10-12,29H,2-9,13H2,1H3,(H2,22,23,24). The molecule has 0 radical (unpaired) electrons. The van der Waals surface area contributed by atoms with Gasteiger partial charge in [-0.15, -0.1) is 11.3 Å². The number of ether oxygens (including phenoxy) is 1. The first-order chi connectivity index (χ1) is 15.0. The van der Waals surface area contributed by atoms with Crippen molar-refractivity contribution in [2.24, 2.45) is 0 Å². The summed E-state index contributed by atoms with van der Waals surface area (Å²) in [6.07, 6.45) is 4.94. The molecule has 0 aromatic carbocycles. The van der Waals surface area contributed by atoms with Crippen molar-refractivity contribution >= 4 is 33.3 Å². The summed E-state index contributed by atoms with van der Waals surface area (Å²) in [5.41, 5.74) is 6.79. The van der Waals surface area contributed by atoms with Crippen LogP contribution in [0, 0.1) is 0 Å². The summed E-state index contributed by atoms with van der Waals surface area (Å²) >= 11 is 1.75. The van der Waals surface area contributed by atoms with Gasteiger partial charge >= 0.3 is 0 Å². The van der Waals surface area contributed by atoms with E-state index in [1.54, 1.807) is 23.7 Å². The fourth-order valence-corrected chi connectivity index (χ4v) is 5.18. The van der Waals surface area contributed by atoms with E-state index in [1.807, 2.05) is 6.92 Å². The molecule has 2 saturated heterocycles. The number of nitrogen functional groups attached to an aromatic ring is 1. The van der Waals surface area contributed by atoms with Crippen LogP contribution in [0.1, 0.15) is 24.6 Å². The van der Waals surface area contributed by atoms with Gasteiger partial charge in [-0.3, -0.25) is 4.90 Å². The van der Waals surface area contributed by atoms with Gasteiger partial charge in [0.05, 0.1) is 34.6 Å². The molecule has 3 aromatic heterocycles. The zero-order valence-corrected chi connectivity index (χ0v) is 18.4. The van der Waals surface area contributed by atoms with E-state index >= 15 is 0 Å². The van der Waals surface area contributed by atoms with Crippen molar-refractivity contribution in [3.63, 3.8) is 0 Å². The molecule has 0 amide bonds. The van der Waals surface area contributed by atoms with E-state index in [1.165, 1.54) is 4.88 Å². The zero-order valence-electron chi connectivity index (χ0n) is 17.6. The van der Waals surface area contributed by atoms with Crippen LogP contribution in [0.3, 0.4) is 0 Å². The van der Waals surface area contributed by atoms with Crippen LogP contribution in [0.2, 0.25) is 0 Å². The maximum Gasteiger partial charge on any atom is 0.219 e. The van der Waals surface area contributed by atoms with Crippen molar-refractivity contribution < 1.29 is 9.84 Å². The maximum absolute atomic E-state index is 10.2. The second kappa shape index (κ2) is 8.27. The average molecular weight is 442 g/mol. The molecule has 3 aromatic rings. The van der Waals surface area contributed by atoms with Crippen LogP contribution in [-0.4, -0.2) is 74.9 Å². The summed E-state index contributed by atoms with van der Waals surface area (Å²) in [5, 5.41) is 10.2. The summed E-state index contributed by atoms with van der Waals surface area (Å²) in [5.74, 6) is 1.78. The number of aliphatic hydroxyl groups is 1. The van der Waals surface area contributed by atoms with E-state index in [-0.39, 0.29) is 5.95 Å². The molecule has 31 heavy (non-hydrogen) atoms. The molecule has 2 aliphatic heterocycles. The fourth-order valence-electron chi connectivity index (χ4n) is 4.03. The first kappa shape index (κ1) is 20.5. The lowest BCUT2D eigenvalue weighted by molar-refractivity contribution is -0.00706. The van der Waals surface area contributed by atoms with Gasteiger partial charge in [0.1, 0.15) is 0 Å². The van der Waals surface area contributed by atoms with Crippen molar-refractivity contribution in [1.29, 1.82) is 0 Å². The number of hydrogen-bond acceptors (Lipinski definition) is 10. The van der Waals surface area contributed by atoms with Crippen LogP contribution in [0.4, 0.5) is 11.8 Å². The Morgan fingerprint density at radius 2 is 1.84 bits per heavy atom. The lowest BCUT2D eigenvalue weighted by Crippen LogP contribution is -2.41. The second-order valence-corrected chi connectivity index (χ2v) is 9.64. The third kappa shape index (κ3) is 4.47. The molecule has 0 spiro atoms. The second-order valence-electron chi connectivity index (χ2n) is 8.50. The topological polar surface area (TPSA) is 114 Å². The molecule has 2 aliphatic rings. The van der Waals surface area contributed by atoms with E-state index in [9.17, 15) is 5.11 Å². The number of anilines is 2. The number of thiophene rings is 1. The molecule has 9 nitrogen and oxygen atoms in total. The molecule has 0 saturated carbocycles.